The maximum atomic E-state index is 12.0. The Kier molecular flexibility index (Phi) is 6.50. The number of aromatic nitrogens is 8. The average Bonchev–Trinajstić information content (AvgIpc) is 3.64. The molecule has 5 heterocycles. The lowest BCUT2D eigenvalue weighted by molar-refractivity contribution is -0.0511. The highest BCUT2D eigenvalue weighted by Gasteiger charge is 2.44. The van der Waals surface area contributed by atoms with Gasteiger partial charge >= 0.3 is 5.69 Å². The minimum Gasteiger partial charge on any atom is -0.394 e. The molecule has 1 aromatic carbocycles. The minimum atomic E-state index is -1.19. The fourth-order valence-corrected chi connectivity index (χ4v) is 4.22. The molecule has 1 aliphatic rings. The van der Waals surface area contributed by atoms with E-state index in [0.717, 1.165) is 10.1 Å². The van der Waals surface area contributed by atoms with Gasteiger partial charge in [0.25, 0.3) is 5.56 Å². The molecule has 1 saturated heterocycles. The molecule has 5 aromatic rings. The Morgan fingerprint density at radius 3 is 2.45 bits per heavy atom. The number of nitrogen functional groups attached to an aromatic ring is 1. The second-order valence-electron chi connectivity index (χ2n) is 8.67. The van der Waals surface area contributed by atoms with E-state index in [9.17, 15) is 19.8 Å². The van der Waals surface area contributed by atoms with E-state index in [1.54, 1.807) is 7.05 Å². The summed E-state index contributed by atoms with van der Waals surface area (Å²) in [4.78, 5) is 43.1. The number of nitrogens with zero attached hydrogens (tertiary/aromatic N) is 7. The van der Waals surface area contributed by atoms with Crippen molar-refractivity contribution in [2.24, 2.45) is 14.1 Å². The monoisotopic (exact) mass is 523 g/mol. The second kappa shape index (κ2) is 9.79. The van der Waals surface area contributed by atoms with Crippen molar-refractivity contribution < 1.29 is 20.1 Å². The van der Waals surface area contributed by atoms with Gasteiger partial charge in [-0.2, -0.15) is 0 Å². The zero-order valence-electron chi connectivity index (χ0n) is 20.3. The van der Waals surface area contributed by atoms with Crippen molar-refractivity contribution in [3.8, 4) is 11.4 Å². The van der Waals surface area contributed by atoms with Gasteiger partial charge in [-0.3, -0.25) is 18.5 Å². The number of imidazole rings is 2. The lowest BCUT2D eigenvalue weighted by Crippen LogP contribution is -2.36. The third-order valence-electron chi connectivity index (χ3n) is 6.32. The number of aromatic amines is 1. The van der Waals surface area contributed by atoms with Gasteiger partial charge in [-0.05, 0) is 0 Å². The number of nitrogens with one attached hydrogen (secondary N) is 1. The van der Waals surface area contributed by atoms with Gasteiger partial charge in [0.05, 0.1) is 12.9 Å². The van der Waals surface area contributed by atoms with Gasteiger partial charge in [0.15, 0.2) is 23.3 Å². The molecule has 1 fully saturated rings. The van der Waals surface area contributed by atoms with Crippen molar-refractivity contribution in [3.63, 3.8) is 0 Å². The zero-order valence-corrected chi connectivity index (χ0v) is 20.3. The lowest BCUT2D eigenvalue weighted by Gasteiger charge is -2.16. The summed E-state index contributed by atoms with van der Waals surface area (Å²) in [7, 11) is 3.05. The summed E-state index contributed by atoms with van der Waals surface area (Å²) in [5.41, 5.74) is 7.26. The van der Waals surface area contributed by atoms with Crippen LogP contribution in [0.2, 0.25) is 0 Å². The van der Waals surface area contributed by atoms with Crippen LogP contribution in [0, 0.1) is 0 Å². The minimum absolute atomic E-state index is 0.218. The van der Waals surface area contributed by atoms with Gasteiger partial charge in [0.2, 0.25) is 0 Å². The number of ether oxygens (including phenoxy) is 1. The molecular weight excluding hydrogens is 498 g/mol. The highest BCUT2D eigenvalue weighted by molar-refractivity contribution is 5.81. The van der Waals surface area contributed by atoms with Crippen LogP contribution in [0.5, 0.6) is 0 Å². The number of H-pyrrole nitrogens is 1. The van der Waals surface area contributed by atoms with Crippen molar-refractivity contribution >= 4 is 28.1 Å². The molecule has 15 nitrogen and oxygen atoms in total. The summed E-state index contributed by atoms with van der Waals surface area (Å²) in [6.07, 6.45) is -1.42. The molecule has 0 radical (unpaired) electrons. The highest BCUT2D eigenvalue weighted by Crippen LogP contribution is 2.31. The molecule has 38 heavy (non-hydrogen) atoms. The molecule has 15 heteroatoms. The maximum absolute atomic E-state index is 12.0. The summed E-state index contributed by atoms with van der Waals surface area (Å²) in [6, 6.07) is 9.46. The van der Waals surface area contributed by atoms with Crippen LogP contribution < -0.4 is 17.0 Å². The number of hydrogen-bond donors (Lipinski definition) is 5. The molecule has 0 unspecified atom stereocenters. The van der Waals surface area contributed by atoms with Gasteiger partial charge in [-0.1, -0.05) is 30.3 Å². The SMILES string of the molecule is Cn1c(=O)c2[nH]c(-c3ccccc3)nc2n(C)c1=O.Nc1ncnc2c1ncn2[C@@H]1O[C@H](CO)[C@@H](O)[C@H]1O. The normalized spacial score (nSPS) is 21.1. The Hall–Kier alpha value is -4.44. The number of anilines is 1. The molecular formula is C23H25N9O6. The fourth-order valence-electron chi connectivity index (χ4n) is 4.22. The van der Waals surface area contributed by atoms with Gasteiger partial charge in [-0.25, -0.2) is 24.7 Å². The van der Waals surface area contributed by atoms with E-state index in [2.05, 4.69) is 24.9 Å². The van der Waals surface area contributed by atoms with Crippen LogP contribution in [0.4, 0.5) is 5.82 Å². The Bertz CT molecular complexity index is 1720. The van der Waals surface area contributed by atoms with Crippen LogP contribution in [0.3, 0.4) is 0 Å². The van der Waals surface area contributed by atoms with Crippen LogP contribution in [0.25, 0.3) is 33.7 Å². The topological polar surface area (TPSA) is 212 Å². The Morgan fingerprint density at radius 2 is 1.76 bits per heavy atom. The van der Waals surface area contributed by atoms with Gasteiger partial charge in [0, 0.05) is 19.7 Å². The number of benzene rings is 1. The van der Waals surface area contributed by atoms with E-state index >= 15 is 0 Å². The number of nitrogens with two attached hydrogens (primary N) is 1. The molecule has 4 aromatic heterocycles. The lowest BCUT2D eigenvalue weighted by atomic mass is 10.1. The third-order valence-corrected chi connectivity index (χ3v) is 6.32. The van der Waals surface area contributed by atoms with Crippen molar-refractivity contribution in [3.05, 3.63) is 63.8 Å². The summed E-state index contributed by atoms with van der Waals surface area (Å²) in [6.45, 7) is -0.390. The van der Waals surface area contributed by atoms with Crippen LogP contribution in [0.1, 0.15) is 6.23 Å². The first-order valence-electron chi connectivity index (χ1n) is 11.5. The van der Waals surface area contributed by atoms with Gasteiger partial charge < -0.3 is 30.8 Å². The number of aliphatic hydroxyl groups is 3. The molecule has 1 aliphatic heterocycles. The molecule has 6 rings (SSSR count). The molecule has 198 valence electrons. The van der Waals surface area contributed by atoms with E-state index in [1.165, 1.54) is 28.8 Å². The number of rotatable bonds is 3. The second-order valence-corrected chi connectivity index (χ2v) is 8.67. The molecule has 6 N–H and O–H groups in total. The summed E-state index contributed by atoms with van der Waals surface area (Å²) >= 11 is 0. The largest absolute Gasteiger partial charge is 0.394 e. The maximum Gasteiger partial charge on any atom is 0.332 e. The fraction of sp³-hybridized carbons (Fsp3) is 0.304. The summed E-state index contributed by atoms with van der Waals surface area (Å²) in [5.74, 6) is 0.796. The van der Waals surface area contributed by atoms with Crippen LogP contribution in [-0.4, -0.2) is 78.9 Å². The molecule has 0 aliphatic carbocycles. The number of aryl methyl sites for hydroxylation is 1. The van der Waals surface area contributed by atoms with E-state index in [4.69, 9.17) is 15.6 Å². The number of aliphatic hydroxyl groups excluding tert-OH is 3. The standard InChI is InChI=1S/C13H12N4O2.C10H13N5O4/c1-16-11-9(12(18)17(2)13(16)19)14-10(15-11)8-6-4-3-5-7-8;11-8-5-9(13-2-12-8)15(3-14-5)10-7(18)6(17)4(1-16)19-10/h3-7H,1-2H3,(H,14,15);2-4,6-7,10,16-18H,1H2,(H2,11,12,13)/t;4-,6-,7-,10-/m.1/s1. The molecule has 0 bridgehead atoms. The molecule has 0 saturated carbocycles. The quantitative estimate of drug-likeness (QED) is 0.186. The first kappa shape index (κ1) is 25.2. The smallest absolute Gasteiger partial charge is 0.332 e. The van der Waals surface area contributed by atoms with E-state index in [1.807, 2.05) is 30.3 Å². The highest BCUT2D eigenvalue weighted by atomic mass is 16.6. The number of hydrogen-bond acceptors (Lipinski definition) is 11. The van der Waals surface area contributed by atoms with Crippen LogP contribution >= 0.6 is 0 Å². The Balaban J connectivity index is 0.000000155. The van der Waals surface area contributed by atoms with Crippen LogP contribution in [-0.2, 0) is 18.8 Å². The van der Waals surface area contributed by atoms with E-state index < -0.39 is 31.1 Å². The van der Waals surface area contributed by atoms with E-state index in [-0.39, 0.29) is 17.1 Å². The first-order chi connectivity index (χ1) is 18.2. The van der Waals surface area contributed by atoms with Crippen molar-refractivity contribution in [1.29, 1.82) is 0 Å². The van der Waals surface area contributed by atoms with E-state index in [0.29, 0.717) is 28.2 Å². The average molecular weight is 524 g/mol. The molecule has 4 atom stereocenters. The third kappa shape index (κ3) is 4.12. The zero-order chi connectivity index (χ0) is 27.1. The van der Waals surface area contributed by atoms with Crippen molar-refractivity contribution in [2.75, 3.05) is 12.3 Å². The molecule has 0 spiro atoms. The Labute approximate surface area is 213 Å². The van der Waals surface area contributed by atoms with Gasteiger partial charge in [0.1, 0.15) is 41.5 Å². The summed E-state index contributed by atoms with van der Waals surface area (Å²) < 4.78 is 9.28. The molecule has 0 amide bonds. The first-order valence-corrected chi connectivity index (χ1v) is 11.5. The van der Waals surface area contributed by atoms with Crippen molar-refractivity contribution in [1.82, 2.24) is 38.6 Å². The Morgan fingerprint density at radius 1 is 1.03 bits per heavy atom. The predicted octanol–water partition coefficient (Wildman–Crippen LogP) is -1.35. The van der Waals surface area contributed by atoms with Crippen molar-refractivity contribution in [2.45, 2.75) is 24.5 Å². The van der Waals surface area contributed by atoms with Crippen LogP contribution in [0.15, 0.2) is 52.6 Å². The summed E-state index contributed by atoms with van der Waals surface area (Å²) in [5, 5.41) is 28.7. The number of fused-ring (bicyclic) bond motifs is 2. The predicted molar refractivity (Wildman–Crippen MR) is 135 cm³/mol. The van der Waals surface area contributed by atoms with Gasteiger partial charge in [-0.15, -0.1) is 0 Å².